The van der Waals surface area contributed by atoms with Crippen molar-refractivity contribution in [2.75, 3.05) is 11.9 Å². The maximum absolute atomic E-state index is 13.4. The molecule has 0 radical (unpaired) electrons. The molecular formula is C26H20Cl2N3NaO6S. The Hall–Kier alpha value is -2.70. The van der Waals surface area contributed by atoms with Crippen molar-refractivity contribution in [3.05, 3.63) is 81.8 Å². The summed E-state index contributed by atoms with van der Waals surface area (Å²) in [6.45, 7) is 3.60. The van der Waals surface area contributed by atoms with E-state index >= 15 is 0 Å². The van der Waals surface area contributed by atoms with Crippen LogP contribution in [0.4, 0.5) is 17.1 Å². The molecule has 0 saturated carbocycles. The maximum atomic E-state index is 13.4. The number of carbonyl (C=O) groups is 1. The second kappa shape index (κ2) is 12.6. The standard InChI is InChI=1S/C26H21Cl2N3O6S.Na/c1-3-37-18-12-16(27)11-17(13-18)29-26(33)20-10-15-6-4-5-7-19(15)23(24(20)32)31-30-22-9-8-21(28)25(14(22)2)38(34,35)36;/h4-13,32H,3H2,1-2H3,(H,29,33)(H,34,35,36);/q;+1/p-1. The number of benzene rings is 4. The third-order valence-corrected chi connectivity index (χ3v) is 7.19. The number of hydrogen-bond donors (Lipinski definition) is 2. The molecule has 0 heterocycles. The number of carbonyl (C=O) groups excluding carboxylic acids is 1. The van der Waals surface area contributed by atoms with Crippen molar-refractivity contribution in [2.24, 2.45) is 10.2 Å². The summed E-state index contributed by atoms with van der Waals surface area (Å²) < 4.78 is 38.5. The molecule has 0 aliphatic heterocycles. The van der Waals surface area contributed by atoms with Crippen LogP contribution in [0, 0.1) is 6.92 Å². The molecule has 0 aliphatic rings. The Morgan fingerprint density at radius 1 is 1.08 bits per heavy atom. The van der Waals surface area contributed by atoms with E-state index in [9.17, 15) is 22.9 Å². The van der Waals surface area contributed by atoms with Crippen molar-refractivity contribution in [1.82, 2.24) is 0 Å². The van der Waals surface area contributed by atoms with Gasteiger partial charge in [-0.25, -0.2) is 0 Å². The van der Waals surface area contributed by atoms with E-state index in [1.54, 1.807) is 36.4 Å². The van der Waals surface area contributed by atoms with Crippen LogP contribution in [-0.4, -0.2) is 25.5 Å². The SMILES string of the molecule is CCOc1cc(Cl)cc(NC(=O)c2cc3ccccc3c(N=Nc3ccc(Cl)c(S(=O)(=O)O)c3C)c2[O-])c1.[Na+]. The molecule has 2 N–H and O–H groups in total. The third-order valence-electron chi connectivity index (χ3n) is 5.51. The number of anilines is 1. The van der Waals surface area contributed by atoms with Gasteiger partial charge in [-0.1, -0.05) is 53.2 Å². The van der Waals surface area contributed by atoms with E-state index < -0.39 is 26.7 Å². The van der Waals surface area contributed by atoms with Crippen LogP contribution >= 0.6 is 23.2 Å². The van der Waals surface area contributed by atoms with Crippen molar-refractivity contribution in [3.8, 4) is 11.5 Å². The minimum absolute atomic E-state index is 0. The number of hydrogen-bond acceptors (Lipinski definition) is 7. The second-order valence-corrected chi connectivity index (χ2v) is 10.3. The van der Waals surface area contributed by atoms with Gasteiger partial charge in [0.05, 0.1) is 23.0 Å². The monoisotopic (exact) mass is 595 g/mol. The molecule has 0 atom stereocenters. The summed E-state index contributed by atoms with van der Waals surface area (Å²) in [5.74, 6) is -0.940. The van der Waals surface area contributed by atoms with Crippen LogP contribution in [0.5, 0.6) is 11.5 Å². The molecule has 13 heteroatoms. The van der Waals surface area contributed by atoms with Gasteiger partial charge in [0, 0.05) is 27.7 Å². The summed E-state index contributed by atoms with van der Waals surface area (Å²) in [6.07, 6.45) is 0. The first kappa shape index (κ1) is 30.8. The largest absolute Gasteiger partial charge is 1.00 e. The van der Waals surface area contributed by atoms with Gasteiger partial charge in [-0.15, -0.1) is 0 Å². The van der Waals surface area contributed by atoms with Gasteiger partial charge in [0.2, 0.25) is 0 Å². The van der Waals surface area contributed by atoms with Crippen molar-refractivity contribution < 1.29 is 57.2 Å². The third kappa shape index (κ3) is 6.90. The van der Waals surface area contributed by atoms with Gasteiger partial charge >= 0.3 is 29.6 Å². The van der Waals surface area contributed by atoms with Gasteiger partial charge < -0.3 is 15.2 Å². The molecular weight excluding hydrogens is 576 g/mol. The molecule has 0 aromatic heterocycles. The van der Waals surface area contributed by atoms with Crippen LogP contribution in [0.25, 0.3) is 10.8 Å². The Balaban J connectivity index is 0.00000420. The maximum Gasteiger partial charge on any atom is 1.00 e. The van der Waals surface area contributed by atoms with Gasteiger partial charge in [-0.2, -0.15) is 18.6 Å². The van der Waals surface area contributed by atoms with Gasteiger partial charge in [0.15, 0.2) is 0 Å². The molecule has 0 bridgehead atoms. The predicted octanol–water partition coefficient (Wildman–Crippen LogP) is 3.85. The topological polar surface area (TPSA) is 140 Å². The minimum atomic E-state index is -4.64. The number of amides is 1. The van der Waals surface area contributed by atoms with Gasteiger partial charge in [0.25, 0.3) is 16.0 Å². The number of azo groups is 1. The Morgan fingerprint density at radius 2 is 1.79 bits per heavy atom. The first-order chi connectivity index (χ1) is 18.0. The van der Waals surface area contributed by atoms with Crippen molar-refractivity contribution in [1.29, 1.82) is 0 Å². The normalized spacial score (nSPS) is 11.4. The number of fused-ring (bicyclic) bond motifs is 1. The predicted molar refractivity (Wildman–Crippen MR) is 144 cm³/mol. The van der Waals surface area contributed by atoms with Crippen LogP contribution in [-0.2, 0) is 10.1 Å². The van der Waals surface area contributed by atoms with Gasteiger partial charge in [0.1, 0.15) is 10.6 Å². The fourth-order valence-corrected chi connectivity index (χ4v) is 5.37. The van der Waals surface area contributed by atoms with Crippen molar-refractivity contribution in [2.45, 2.75) is 18.7 Å². The molecule has 0 aliphatic carbocycles. The van der Waals surface area contributed by atoms with Crippen molar-refractivity contribution >= 4 is 67.1 Å². The van der Waals surface area contributed by atoms with Crippen LogP contribution in [0.2, 0.25) is 10.0 Å². The van der Waals surface area contributed by atoms with Gasteiger partial charge in [-0.3, -0.25) is 9.35 Å². The van der Waals surface area contributed by atoms with E-state index in [4.69, 9.17) is 27.9 Å². The van der Waals surface area contributed by atoms with E-state index in [2.05, 4.69) is 15.5 Å². The van der Waals surface area contributed by atoms with E-state index in [0.717, 1.165) is 0 Å². The second-order valence-electron chi connectivity index (χ2n) is 8.08. The molecule has 196 valence electrons. The molecule has 0 saturated heterocycles. The fourth-order valence-electron chi connectivity index (χ4n) is 3.84. The van der Waals surface area contributed by atoms with E-state index in [1.807, 2.05) is 6.92 Å². The molecule has 0 unspecified atom stereocenters. The summed E-state index contributed by atoms with van der Waals surface area (Å²) in [6, 6.07) is 15.6. The summed E-state index contributed by atoms with van der Waals surface area (Å²) in [7, 11) is -4.64. The first-order valence-electron chi connectivity index (χ1n) is 11.2. The smallest absolute Gasteiger partial charge is 0.870 e. The summed E-state index contributed by atoms with van der Waals surface area (Å²) in [4.78, 5) is 12.6. The Labute approximate surface area is 256 Å². The van der Waals surface area contributed by atoms with Crippen LogP contribution < -0.4 is 44.7 Å². The zero-order valence-corrected chi connectivity index (χ0v) is 25.4. The minimum Gasteiger partial charge on any atom is -0.870 e. The van der Waals surface area contributed by atoms with E-state index in [0.29, 0.717) is 33.8 Å². The summed E-state index contributed by atoms with van der Waals surface area (Å²) in [5.41, 5.74) is 0.110. The average molecular weight is 596 g/mol. The summed E-state index contributed by atoms with van der Waals surface area (Å²) >= 11 is 12.1. The van der Waals surface area contributed by atoms with Gasteiger partial charge in [-0.05, 0) is 55.1 Å². The summed E-state index contributed by atoms with van der Waals surface area (Å²) in [5, 5.41) is 25.4. The molecule has 1 amide bonds. The fraction of sp³-hybridized carbons (Fsp3) is 0.115. The first-order valence-corrected chi connectivity index (χ1v) is 13.3. The van der Waals surface area contributed by atoms with Crippen LogP contribution in [0.3, 0.4) is 0 Å². The number of halogens is 2. The van der Waals surface area contributed by atoms with E-state index in [1.165, 1.54) is 31.2 Å². The van der Waals surface area contributed by atoms with E-state index in [-0.39, 0.29) is 57.1 Å². The van der Waals surface area contributed by atoms with Crippen LogP contribution in [0.15, 0.2) is 75.8 Å². The average Bonchev–Trinajstić information content (AvgIpc) is 2.83. The quantitative estimate of drug-likeness (QED) is 0.189. The Morgan fingerprint density at radius 3 is 2.49 bits per heavy atom. The molecule has 0 spiro atoms. The Kier molecular flexibility index (Phi) is 10.0. The number of nitrogens with one attached hydrogen (secondary N) is 1. The molecule has 9 nitrogen and oxygen atoms in total. The Bertz CT molecular complexity index is 1710. The zero-order chi connectivity index (χ0) is 27.6. The molecule has 4 rings (SSSR count). The van der Waals surface area contributed by atoms with Crippen LogP contribution in [0.1, 0.15) is 22.8 Å². The number of rotatable bonds is 7. The molecule has 0 fully saturated rings. The van der Waals surface area contributed by atoms with Crippen molar-refractivity contribution in [3.63, 3.8) is 0 Å². The molecule has 39 heavy (non-hydrogen) atoms. The molecule has 4 aromatic rings. The number of nitrogens with zero attached hydrogens (tertiary/aromatic N) is 2. The molecule has 4 aromatic carbocycles. The number of ether oxygens (including phenoxy) is 1. The zero-order valence-electron chi connectivity index (χ0n) is 21.0.